The Kier molecular flexibility index (Phi) is 5.62. The van der Waals surface area contributed by atoms with Crippen molar-refractivity contribution in [1.29, 1.82) is 0 Å². The predicted molar refractivity (Wildman–Crippen MR) is 95.0 cm³/mol. The summed E-state index contributed by atoms with van der Waals surface area (Å²) in [7, 11) is 0. The van der Waals surface area contributed by atoms with E-state index in [-0.39, 0.29) is 6.03 Å². The lowest BCUT2D eigenvalue weighted by Crippen LogP contribution is -2.41. The second kappa shape index (κ2) is 7.32. The van der Waals surface area contributed by atoms with Crippen molar-refractivity contribution in [1.82, 2.24) is 10.3 Å². The van der Waals surface area contributed by atoms with Crippen molar-refractivity contribution in [2.75, 3.05) is 11.9 Å². The second-order valence-electron chi connectivity index (χ2n) is 5.25. The number of hydrogen-bond acceptors (Lipinski definition) is 7. The zero-order valence-electron chi connectivity index (χ0n) is 13.3. The van der Waals surface area contributed by atoms with Crippen molar-refractivity contribution in [2.24, 2.45) is 5.90 Å². The molecular formula is C14H17BrN4O4S. The Hall–Kier alpha value is -1.91. The van der Waals surface area contributed by atoms with E-state index in [1.807, 2.05) is 6.92 Å². The Morgan fingerprint density at radius 1 is 1.42 bits per heavy atom. The number of thiazole rings is 1. The summed E-state index contributed by atoms with van der Waals surface area (Å²) in [6.45, 7) is 5.41. The number of aromatic nitrogens is 1. The molecular weight excluding hydrogens is 400 g/mol. The van der Waals surface area contributed by atoms with E-state index in [2.05, 4.69) is 36.4 Å². The lowest BCUT2D eigenvalue weighted by Gasteiger charge is -2.23. The molecule has 0 aliphatic heterocycles. The normalized spacial score (nSPS) is 11.2. The Morgan fingerprint density at radius 3 is 2.75 bits per heavy atom. The van der Waals surface area contributed by atoms with Gasteiger partial charge in [-0.2, -0.15) is 5.90 Å². The number of carbonyl (C=O) groups excluding carboxylic acids is 2. The maximum atomic E-state index is 11.7. The molecule has 2 aromatic rings. The maximum absolute atomic E-state index is 11.7. The van der Waals surface area contributed by atoms with E-state index >= 15 is 0 Å². The summed E-state index contributed by atoms with van der Waals surface area (Å²) in [6, 6.07) is 3.18. The van der Waals surface area contributed by atoms with Gasteiger partial charge in [0.05, 0.1) is 14.7 Å². The quantitative estimate of drug-likeness (QED) is 0.645. The highest BCUT2D eigenvalue weighted by Crippen LogP contribution is 2.40. The smallest absolute Gasteiger partial charge is 0.368 e. The zero-order chi connectivity index (χ0) is 17.9. The van der Waals surface area contributed by atoms with Gasteiger partial charge in [0.25, 0.3) is 0 Å². The lowest BCUT2D eigenvalue weighted by atomic mass is 10.1. The van der Waals surface area contributed by atoms with Crippen LogP contribution in [0.2, 0.25) is 0 Å². The number of benzene rings is 1. The van der Waals surface area contributed by atoms with Gasteiger partial charge < -0.3 is 14.9 Å². The molecule has 0 aliphatic rings. The molecule has 1 heterocycles. The highest BCUT2D eigenvalue weighted by atomic mass is 79.9. The Morgan fingerprint density at radius 2 is 2.12 bits per heavy atom. The van der Waals surface area contributed by atoms with Gasteiger partial charge in [-0.05, 0) is 48.8 Å². The topological polar surface area (TPSA) is 116 Å². The van der Waals surface area contributed by atoms with Crippen molar-refractivity contribution in [3.8, 4) is 5.75 Å². The summed E-state index contributed by atoms with van der Waals surface area (Å²) in [5, 5.41) is 5.69. The zero-order valence-corrected chi connectivity index (χ0v) is 15.7. The molecule has 130 valence electrons. The van der Waals surface area contributed by atoms with Crippen molar-refractivity contribution in [3.05, 3.63) is 16.6 Å². The van der Waals surface area contributed by atoms with Crippen LogP contribution in [0.15, 0.2) is 16.6 Å². The predicted octanol–water partition coefficient (Wildman–Crippen LogP) is 2.77. The molecule has 0 bridgehead atoms. The average Bonchev–Trinajstić information content (AvgIpc) is 2.92. The lowest BCUT2D eigenvalue weighted by molar-refractivity contribution is -0.159. The standard InChI is InChI=1S/C14H17BrN4O4S/c1-4-17-12(21)19-13-18-8-6-5-7(15)9(10(8)24-13)22-14(2,3)11(20)23-16/h5-6H,4,16H2,1-3H3,(H2,17,18,19,21). The molecule has 0 atom stereocenters. The molecule has 8 nitrogen and oxygen atoms in total. The minimum atomic E-state index is -1.29. The van der Waals surface area contributed by atoms with Crippen molar-refractivity contribution < 1.29 is 19.2 Å². The van der Waals surface area contributed by atoms with Gasteiger partial charge in [-0.1, -0.05) is 11.3 Å². The van der Waals surface area contributed by atoms with Crippen LogP contribution >= 0.6 is 27.3 Å². The van der Waals surface area contributed by atoms with Crippen LogP contribution in [0.5, 0.6) is 5.75 Å². The van der Waals surface area contributed by atoms with Crippen molar-refractivity contribution in [3.63, 3.8) is 0 Å². The number of halogens is 1. The van der Waals surface area contributed by atoms with Crippen LogP contribution in [0.25, 0.3) is 10.2 Å². The van der Waals surface area contributed by atoms with Gasteiger partial charge in [0.2, 0.25) is 5.60 Å². The van der Waals surface area contributed by atoms with Crippen LogP contribution in [0.1, 0.15) is 20.8 Å². The van der Waals surface area contributed by atoms with E-state index in [4.69, 9.17) is 10.6 Å². The molecule has 2 rings (SSSR count). The number of fused-ring (bicyclic) bond motifs is 1. The Bertz CT molecular complexity index is 777. The first-order valence-corrected chi connectivity index (χ1v) is 8.63. The number of hydrogen-bond donors (Lipinski definition) is 3. The van der Waals surface area contributed by atoms with Gasteiger partial charge in [0.15, 0.2) is 10.9 Å². The van der Waals surface area contributed by atoms with E-state index in [0.717, 1.165) is 0 Å². The molecule has 1 aromatic carbocycles. The number of urea groups is 1. The SMILES string of the molecule is CCNC(=O)Nc1nc2ccc(Br)c(OC(C)(C)C(=O)ON)c2s1. The Balaban J connectivity index is 2.39. The monoisotopic (exact) mass is 416 g/mol. The molecule has 2 amide bonds. The number of nitrogens with zero attached hydrogens (tertiary/aromatic N) is 1. The maximum Gasteiger partial charge on any atom is 0.368 e. The number of ether oxygens (including phenoxy) is 1. The molecule has 0 aliphatic carbocycles. The molecule has 0 spiro atoms. The highest BCUT2D eigenvalue weighted by Gasteiger charge is 2.33. The Labute approximate surface area is 150 Å². The average molecular weight is 417 g/mol. The van der Waals surface area contributed by atoms with Crippen molar-refractivity contribution >= 4 is 54.6 Å². The second-order valence-corrected chi connectivity index (χ2v) is 7.10. The molecule has 0 saturated carbocycles. The van der Waals surface area contributed by atoms with Crippen LogP contribution < -0.4 is 21.3 Å². The molecule has 1 aromatic heterocycles. The van der Waals surface area contributed by atoms with E-state index in [9.17, 15) is 9.59 Å². The summed E-state index contributed by atoms with van der Waals surface area (Å²) < 4.78 is 7.12. The first kappa shape index (κ1) is 18.4. The van der Waals surface area contributed by atoms with Crippen LogP contribution in [0.3, 0.4) is 0 Å². The number of carbonyl (C=O) groups is 2. The molecule has 10 heteroatoms. The van der Waals surface area contributed by atoms with Crippen molar-refractivity contribution in [2.45, 2.75) is 26.4 Å². The van der Waals surface area contributed by atoms with Gasteiger partial charge in [0, 0.05) is 6.54 Å². The van der Waals surface area contributed by atoms with Crippen LogP contribution in [-0.2, 0) is 9.63 Å². The molecule has 0 saturated heterocycles. The summed E-state index contributed by atoms with van der Waals surface area (Å²) in [4.78, 5) is 32.0. The van der Waals surface area contributed by atoms with Crippen LogP contribution in [-0.4, -0.2) is 29.1 Å². The first-order valence-electron chi connectivity index (χ1n) is 7.02. The fourth-order valence-corrected chi connectivity index (χ4v) is 3.32. The largest absolute Gasteiger partial charge is 0.473 e. The third kappa shape index (κ3) is 3.94. The number of rotatable bonds is 5. The number of anilines is 1. The molecule has 0 radical (unpaired) electrons. The van der Waals surface area contributed by atoms with E-state index in [0.29, 0.717) is 32.1 Å². The molecule has 24 heavy (non-hydrogen) atoms. The fourth-order valence-electron chi connectivity index (χ4n) is 1.83. The molecule has 4 N–H and O–H groups in total. The minimum absolute atomic E-state index is 0.342. The molecule has 0 fully saturated rings. The third-order valence-corrected chi connectivity index (χ3v) is 4.59. The summed E-state index contributed by atoms with van der Waals surface area (Å²) in [5.41, 5.74) is -0.662. The van der Waals surface area contributed by atoms with Gasteiger partial charge >= 0.3 is 12.0 Å². The summed E-state index contributed by atoms with van der Waals surface area (Å²) in [6.07, 6.45) is 0. The highest BCUT2D eigenvalue weighted by molar-refractivity contribution is 9.10. The number of amides is 2. The fraction of sp³-hybridized carbons (Fsp3) is 0.357. The van der Waals surface area contributed by atoms with Gasteiger partial charge in [-0.3, -0.25) is 5.32 Å². The summed E-state index contributed by atoms with van der Waals surface area (Å²) >= 11 is 4.63. The van der Waals surface area contributed by atoms with Crippen LogP contribution in [0, 0.1) is 0 Å². The van der Waals surface area contributed by atoms with Gasteiger partial charge in [-0.25, -0.2) is 14.6 Å². The third-order valence-electron chi connectivity index (χ3n) is 2.98. The molecule has 0 unspecified atom stereocenters. The van der Waals surface area contributed by atoms with Gasteiger partial charge in [-0.15, -0.1) is 0 Å². The number of nitrogens with one attached hydrogen (secondary N) is 2. The van der Waals surface area contributed by atoms with Crippen LogP contribution in [0.4, 0.5) is 9.93 Å². The van der Waals surface area contributed by atoms with E-state index in [1.165, 1.54) is 11.3 Å². The first-order chi connectivity index (χ1) is 11.3. The van der Waals surface area contributed by atoms with E-state index in [1.54, 1.807) is 26.0 Å². The van der Waals surface area contributed by atoms with Gasteiger partial charge in [0.1, 0.15) is 0 Å². The van der Waals surface area contributed by atoms with E-state index < -0.39 is 11.6 Å². The number of nitrogens with two attached hydrogens (primary N) is 1. The summed E-state index contributed by atoms with van der Waals surface area (Å²) in [5.74, 6) is 4.65. The minimum Gasteiger partial charge on any atom is -0.473 e.